The summed E-state index contributed by atoms with van der Waals surface area (Å²) < 4.78 is 0. The number of amides is 2. The molecule has 2 amide bonds. The van der Waals surface area contributed by atoms with Crippen LogP contribution in [-0.2, 0) is 9.59 Å². The average molecular weight is 392 g/mol. The minimum atomic E-state index is -1.11. The molecule has 2 aromatic carbocycles. The number of aromatic carboxylic acids is 1. The van der Waals surface area contributed by atoms with Crippen molar-refractivity contribution in [2.75, 3.05) is 19.0 Å². The Morgan fingerprint density at radius 2 is 1.38 bits per heavy atom. The number of carboxylic acids is 1. The highest BCUT2D eigenvalue weighted by Gasteiger charge is 2.38. The number of hydrogen-bond acceptors (Lipinski definition) is 3. The minimum Gasteiger partial charge on any atom is -0.478 e. The van der Waals surface area contributed by atoms with Gasteiger partial charge in [-0.2, -0.15) is 0 Å². The van der Waals surface area contributed by atoms with E-state index >= 15 is 0 Å². The van der Waals surface area contributed by atoms with Crippen molar-refractivity contribution in [1.29, 1.82) is 0 Å². The van der Waals surface area contributed by atoms with Crippen LogP contribution in [0.1, 0.15) is 23.2 Å². The summed E-state index contributed by atoms with van der Waals surface area (Å²) in [4.78, 5) is 41.2. The number of rotatable bonds is 5. The smallest absolute Gasteiger partial charge is 0.337 e. The molecule has 0 aromatic heterocycles. The van der Waals surface area contributed by atoms with Crippen molar-refractivity contribution in [3.05, 3.63) is 72.3 Å². The van der Waals surface area contributed by atoms with Crippen LogP contribution in [0.5, 0.6) is 0 Å². The molecule has 1 aliphatic carbocycles. The lowest BCUT2D eigenvalue weighted by Gasteiger charge is -2.34. The van der Waals surface area contributed by atoms with Crippen LogP contribution in [0.2, 0.25) is 0 Å². The fourth-order valence-corrected chi connectivity index (χ4v) is 3.67. The number of anilines is 2. The van der Waals surface area contributed by atoms with Gasteiger partial charge >= 0.3 is 5.97 Å². The molecule has 150 valence electrons. The number of carboxylic acid groups (broad SMARTS) is 1. The van der Waals surface area contributed by atoms with Crippen molar-refractivity contribution in [1.82, 2.24) is 4.90 Å². The van der Waals surface area contributed by atoms with Crippen molar-refractivity contribution in [2.45, 2.75) is 12.8 Å². The largest absolute Gasteiger partial charge is 0.478 e. The summed E-state index contributed by atoms with van der Waals surface area (Å²) in [5.74, 6) is -2.55. The number of para-hydroxylation sites is 2. The Morgan fingerprint density at radius 3 is 1.97 bits per heavy atom. The van der Waals surface area contributed by atoms with Crippen LogP contribution >= 0.6 is 0 Å². The second-order valence-corrected chi connectivity index (χ2v) is 7.22. The second-order valence-electron chi connectivity index (χ2n) is 7.22. The Labute approximate surface area is 170 Å². The van der Waals surface area contributed by atoms with Crippen molar-refractivity contribution < 1.29 is 19.5 Å². The molecule has 2 aromatic rings. The van der Waals surface area contributed by atoms with Gasteiger partial charge in [-0.25, -0.2) is 4.79 Å². The molecule has 6 heteroatoms. The van der Waals surface area contributed by atoms with E-state index < -0.39 is 17.8 Å². The first-order valence-electron chi connectivity index (χ1n) is 9.49. The van der Waals surface area contributed by atoms with Gasteiger partial charge in [0.2, 0.25) is 11.8 Å². The molecule has 2 unspecified atom stereocenters. The van der Waals surface area contributed by atoms with Crippen LogP contribution in [0.4, 0.5) is 11.4 Å². The van der Waals surface area contributed by atoms with Crippen LogP contribution in [-0.4, -0.2) is 41.9 Å². The van der Waals surface area contributed by atoms with E-state index in [2.05, 4.69) is 0 Å². The van der Waals surface area contributed by atoms with Crippen LogP contribution < -0.4 is 4.90 Å². The summed E-state index contributed by atoms with van der Waals surface area (Å²) >= 11 is 0. The van der Waals surface area contributed by atoms with Crippen LogP contribution in [0.15, 0.2) is 66.7 Å². The Bertz CT molecular complexity index is 937. The van der Waals surface area contributed by atoms with Crippen LogP contribution in [0.25, 0.3) is 0 Å². The first-order valence-corrected chi connectivity index (χ1v) is 9.49. The molecule has 0 saturated carbocycles. The molecule has 2 atom stereocenters. The maximum absolute atomic E-state index is 13.7. The zero-order valence-corrected chi connectivity index (χ0v) is 16.5. The molecule has 0 saturated heterocycles. The average Bonchev–Trinajstić information content (AvgIpc) is 2.74. The predicted molar refractivity (Wildman–Crippen MR) is 111 cm³/mol. The second kappa shape index (κ2) is 8.73. The summed E-state index contributed by atoms with van der Waals surface area (Å²) in [6, 6.07) is 15.4. The SMILES string of the molecule is CN(C)C(=O)C1CC=CCC1C(=O)N(c1ccccc1)c1ccccc1C(=O)O. The third kappa shape index (κ3) is 4.21. The summed E-state index contributed by atoms with van der Waals surface area (Å²) in [6.45, 7) is 0. The van der Waals surface area contributed by atoms with Crippen molar-refractivity contribution in [3.63, 3.8) is 0 Å². The van der Waals surface area contributed by atoms with Gasteiger partial charge in [0.1, 0.15) is 0 Å². The maximum Gasteiger partial charge on any atom is 0.337 e. The molecular formula is C23H24N2O4. The molecule has 0 fully saturated rings. The van der Waals surface area contributed by atoms with Gasteiger partial charge in [-0.15, -0.1) is 0 Å². The topological polar surface area (TPSA) is 77.9 Å². The van der Waals surface area contributed by atoms with Crippen molar-refractivity contribution >= 4 is 29.2 Å². The van der Waals surface area contributed by atoms with Gasteiger partial charge in [0.05, 0.1) is 23.1 Å². The molecule has 6 nitrogen and oxygen atoms in total. The number of carbonyl (C=O) groups excluding carboxylic acids is 2. The summed E-state index contributed by atoms with van der Waals surface area (Å²) in [5, 5.41) is 9.66. The lowest BCUT2D eigenvalue weighted by Crippen LogP contribution is -2.43. The van der Waals surface area contributed by atoms with Gasteiger partial charge in [-0.05, 0) is 37.1 Å². The number of benzene rings is 2. The van der Waals surface area contributed by atoms with E-state index in [1.807, 2.05) is 18.2 Å². The number of hydrogen-bond donors (Lipinski definition) is 1. The molecule has 3 rings (SSSR count). The molecule has 0 spiro atoms. The van der Waals surface area contributed by atoms with Crippen molar-refractivity contribution in [3.8, 4) is 0 Å². The Balaban J connectivity index is 2.10. The molecule has 29 heavy (non-hydrogen) atoms. The Kier molecular flexibility index (Phi) is 6.12. The van der Waals surface area contributed by atoms with E-state index in [9.17, 15) is 19.5 Å². The van der Waals surface area contributed by atoms with Gasteiger partial charge in [-0.3, -0.25) is 14.5 Å². The highest BCUT2D eigenvalue weighted by Crippen LogP contribution is 2.35. The maximum atomic E-state index is 13.7. The summed E-state index contributed by atoms with van der Waals surface area (Å²) in [6.07, 6.45) is 4.75. The molecular weight excluding hydrogens is 368 g/mol. The van der Waals surface area contributed by atoms with Gasteiger partial charge in [0, 0.05) is 19.8 Å². The highest BCUT2D eigenvalue weighted by molar-refractivity contribution is 6.08. The van der Waals surface area contributed by atoms with Gasteiger partial charge in [0.25, 0.3) is 0 Å². The summed E-state index contributed by atoms with van der Waals surface area (Å²) in [5.41, 5.74) is 0.894. The van der Waals surface area contributed by atoms with Gasteiger partial charge in [0.15, 0.2) is 0 Å². The molecule has 0 aliphatic heterocycles. The third-order valence-corrected chi connectivity index (χ3v) is 5.12. The van der Waals surface area contributed by atoms with Crippen molar-refractivity contribution in [2.24, 2.45) is 11.8 Å². The normalized spacial score (nSPS) is 18.1. The lowest BCUT2D eigenvalue weighted by atomic mass is 9.81. The molecule has 1 aliphatic rings. The van der Waals surface area contributed by atoms with Crippen LogP contribution in [0, 0.1) is 11.8 Å². The number of carbonyl (C=O) groups is 3. The van der Waals surface area contributed by atoms with E-state index in [4.69, 9.17) is 0 Å². The molecule has 0 radical (unpaired) electrons. The zero-order valence-electron chi connectivity index (χ0n) is 16.5. The quantitative estimate of drug-likeness (QED) is 0.787. The predicted octanol–water partition coefficient (Wildman–Crippen LogP) is 3.72. The van der Waals surface area contributed by atoms with E-state index in [-0.39, 0.29) is 17.4 Å². The van der Waals surface area contributed by atoms with E-state index in [0.29, 0.717) is 24.2 Å². The Morgan fingerprint density at radius 1 is 0.828 bits per heavy atom. The van der Waals surface area contributed by atoms with E-state index in [1.165, 1.54) is 15.9 Å². The minimum absolute atomic E-state index is 0.0338. The third-order valence-electron chi connectivity index (χ3n) is 5.12. The Hall–Kier alpha value is -3.41. The van der Waals surface area contributed by atoms with Gasteiger partial charge < -0.3 is 10.0 Å². The fourth-order valence-electron chi connectivity index (χ4n) is 3.67. The zero-order chi connectivity index (χ0) is 21.0. The fraction of sp³-hybridized carbons (Fsp3) is 0.261. The first-order chi connectivity index (χ1) is 13.9. The highest BCUT2D eigenvalue weighted by atomic mass is 16.4. The first kappa shape index (κ1) is 20.3. The molecule has 0 bridgehead atoms. The summed E-state index contributed by atoms with van der Waals surface area (Å²) in [7, 11) is 3.35. The number of nitrogens with zero attached hydrogens (tertiary/aromatic N) is 2. The van der Waals surface area contributed by atoms with E-state index in [1.54, 1.807) is 56.6 Å². The molecule has 0 heterocycles. The van der Waals surface area contributed by atoms with E-state index in [0.717, 1.165) is 0 Å². The van der Waals surface area contributed by atoms with Gasteiger partial charge in [-0.1, -0.05) is 42.5 Å². The lowest BCUT2D eigenvalue weighted by molar-refractivity contribution is -0.139. The van der Waals surface area contributed by atoms with Crippen LogP contribution in [0.3, 0.4) is 0 Å². The standard InChI is InChI=1S/C23H24N2O4/c1-24(2)21(26)17-12-6-7-13-18(17)22(27)25(16-10-4-3-5-11-16)20-15-9-8-14-19(20)23(28)29/h3-11,14-15,17-18H,12-13H2,1-2H3,(H,28,29). The monoisotopic (exact) mass is 392 g/mol. The molecule has 1 N–H and O–H groups in total. The number of allylic oxidation sites excluding steroid dienone is 2.